The minimum Gasteiger partial charge on any atom is -0.392 e. The fourth-order valence-electron chi connectivity index (χ4n) is 4.20. The number of rotatable bonds is 7. The van der Waals surface area contributed by atoms with E-state index in [0.29, 0.717) is 21.8 Å². The molecule has 2 aromatic rings. The molecule has 14 nitrogen and oxygen atoms in total. The van der Waals surface area contributed by atoms with Gasteiger partial charge in [-0.05, 0) is 37.5 Å². The standard InChI is InChI=1S/C21H18ClN3O11/c1-10-18(15-9-32-19(14(15)8-23-10)11-2-4-13(22)5-3-11)33-21(27)34-20(26)12-6-16(35-24(28)29)17(7-12)36-25(30)31/h2-5,8,12,16-17,19H,6-7,9H2,1H3/t12?,16-,17+,19?. The molecule has 1 aliphatic carbocycles. The van der Waals surface area contributed by atoms with E-state index < -0.39 is 46.5 Å². The van der Waals surface area contributed by atoms with Crippen molar-refractivity contribution in [3.63, 3.8) is 0 Å². The molecule has 1 saturated carbocycles. The molecule has 190 valence electrons. The van der Waals surface area contributed by atoms with Crippen LogP contribution >= 0.6 is 11.6 Å². The molecular weight excluding hydrogens is 506 g/mol. The van der Waals surface area contributed by atoms with Gasteiger partial charge in [0.2, 0.25) is 0 Å². The molecule has 2 aliphatic rings. The second kappa shape index (κ2) is 10.3. The van der Waals surface area contributed by atoms with Crippen LogP contribution < -0.4 is 4.74 Å². The van der Waals surface area contributed by atoms with E-state index >= 15 is 0 Å². The Morgan fingerprint density at radius 1 is 1.08 bits per heavy atom. The normalized spacial score (nSPS) is 22.4. The number of pyridine rings is 1. The first kappa shape index (κ1) is 25.1. The molecule has 1 aromatic heterocycles. The lowest BCUT2D eigenvalue weighted by molar-refractivity contribution is -0.797. The number of aromatic nitrogens is 1. The lowest BCUT2D eigenvalue weighted by Gasteiger charge is -2.14. The number of carbonyl (C=O) groups is 2. The summed E-state index contributed by atoms with van der Waals surface area (Å²) >= 11 is 5.94. The molecule has 15 heteroatoms. The van der Waals surface area contributed by atoms with Crippen molar-refractivity contribution in [1.82, 2.24) is 4.98 Å². The summed E-state index contributed by atoms with van der Waals surface area (Å²) in [5, 5.41) is 19.6. The van der Waals surface area contributed by atoms with Crippen LogP contribution in [0, 0.1) is 33.1 Å². The zero-order valence-corrected chi connectivity index (χ0v) is 19.3. The monoisotopic (exact) mass is 523 g/mol. The molecule has 2 heterocycles. The van der Waals surface area contributed by atoms with Gasteiger partial charge in [0.15, 0.2) is 5.75 Å². The number of halogens is 1. The molecule has 0 radical (unpaired) electrons. The van der Waals surface area contributed by atoms with Crippen LogP contribution in [0.25, 0.3) is 0 Å². The predicted molar refractivity (Wildman–Crippen MR) is 116 cm³/mol. The van der Waals surface area contributed by atoms with E-state index in [9.17, 15) is 29.8 Å². The van der Waals surface area contributed by atoms with E-state index in [2.05, 4.69) is 14.7 Å². The minimum atomic E-state index is -1.38. The van der Waals surface area contributed by atoms with Gasteiger partial charge < -0.3 is 23.9 Å². The average molecular weight is 524 g/mol. The maximum Gasteiger partial charge on any atom is 0.521 e. The number of aryl methyl sites for hydroxylation is 1. The fraction of sp³-hybridized carbons (Fsp3) is 0.381. The van der Waals surface area contributed by atoms with Crippen molar-refractivity contribution in [1.29, 1.82) is 0 Å². The molecule has 4 rings (SSSR count). The van der Waals surface area contributed by atoms with Crippen LogP contribution in [0.5, 0.6) is 5.75 Å². The van der Waals surface area contributed by atoms with Gasteiger partial charge in [0.05, 0.1) is 18.2 Å². The van der Waals surface area contributed by atoms with Crippen molar-refractivity contribution in [2.45, 2.75) is 44.7 Å². The van der Waals surface area contributed by atoms with Crippen LogP contribution in [0.4, 0.5) is 4.79 Å². The fourth-order valence-corrected chi connectivity index (χ4v) is 4.32. The third kappa shape index (κ3) is 5.44. The summed E-state index contributed by atoms with van der Waals surface area (Å²) < 4.78 is 15.9. The summed E-state index contributed by atoms with van der Waals surface area (Å²) in [6, 6.07) is 7.02. The smallest absolute Gasteiger partial charge is 0.392 e. The van der Waals surface area contributed by atoms with E-state index in [-0.39, 0.29) is 25.2 Å². The van der Waals surface area contributed by atoms with Crippen molar-refractivity contribution in [3.8, 4) is 5.75 Å². The molecule has 0 saturated heterocycles. The first-order chi connectivity index (χ1) is 17.1. The van der Waals surface area contributed by atoms with Gasteiger partial charge in [-0.15, -0.1) is 20.2 Å². The SMILES string of the molecule is Cc1ncc2c(c1OC(=O)OC(=O)C1C[C@H](O[N+](=O)[O-])[C@H](O[N+](=O)[O-])C1)COC2c1ccc(Cl)cc1. The first-order valence-electron chi connectivity index (χ1n) is 10.5. The van der Waals surface area contributed by atoms with Gasteiger partial charge >= 0.3 is 12.1 Å². The molecule has 1 aromatic carbocycles. The van der Waals surface area contributed by atoms with Crippen LogP contribution in [0.2, 0.25) is 5.02 Å². The predicted octanol–water partition coefficient (Wildman–Crippen LogP) is 3.27. The zero-order chi connectivity index (χ0) is 26.0. The van der Waals surface area contributed by atoms with Gasteiger partial charge in [-0.1, -0.05) is 23.7 Å². The third-order valence-corrected chi connectivity index (χ3v) is 6.04. The molecule has 1 aliphatic heterocycles. The number of esters is 1. The Balaban J connectivity index is 1.44. The van der Waals surface area contributed by atoms with Crippen molar-refractivity contribution in [2.24, 2.45) is 5.92 Å². The van der Waals surface area contributed by atoms with E-state index in [0.717, 1.165) is 5.56 Å². The first-order valence-corrected chi connectivity index (χ1v) is 10.9. The Bertz CT molecular complexity index is 1180. The second-order valence-corrected chi connectivity index (χ2v) is 8.46. The van der Waals surface area contributed by atoms with Crippen molar-refractivity contribution >= 4 is 23.7 Å². The number of hydrogen-bond donors (Lipinski definition) is 0. The van der Waals surface area contributed by atoms with Gasteiger partial charge in [-0.3, -0.25) is 9.78 Å². The Labute approximate surface area is 207 Å². The summed E-state index contributed by atoms with van der Waals surface area (Å²) in [4.78, 5) is 59.1. The van der Waals surface area contributed by atoms with Crippen LogP contribution in [-0.2, 0) is 30.6 Å². The number of carbonyl (C=O) groups excluding carboxylic acids is 2. The average Bonchev–Trinajstić information content (AvgIpc) is 3.40. The lowest BCUT2D eigenvalue weighted by atomic mass is 10.0. The topological polar surface area (TPSA) is 179 Å². The summed E-state index contributed by atoms with van der Waals surface area (Å²) in [7, 11) is 0. The Morgan fingerprint density at radius 3 is 2.28 bits per heavy atom. The molecule has 4 atom stereocenters. The maximum absolute atomic E-state index is 12.5. The van der Waals surface area contributed by atoms with E-state index in [1.54, 1.807) is 37.4 Å². The van der Waals surface area contributed by atoms with E-state index in [1.807, 2.05) is 0 Å². The molecule has 0 N–H and O–H groups in total. The quantitative estimate of drug-likeness (QED) is 0.224. The second-order valence-electron chi connectivity index (χ2n) is 8.03. The minimum absolute atomic E-state index is 0.0670. The van der Waals surface area contributed by atoms with Crippen molar-refractivity contribution in [2.75, 3.05) is 0 Å². The molecular formula is C21H18ClN3O11. The number of hydrogen-bond acceptors (Lipinski definition) is 12. The molecule has 0 amide bonds. The van der Waals surface area contributed by atoms with Gasteiger partial charge in [-0.2, -0.15) is 0 Å². The lowest BCUT2D eigenvalue weighted by Crippen LogP contribution is -2.30. The number of fused-ring (bicyclic) bond motifs is 1. The van der Waals surface area contributed by atoms with Crippen molar-refractivity contribution < 1.29 is 43.6 Å². The van der Waals surface area contributed by atoms with Gasteiger partial charge in [0, 0.05) is 22.3 Å². The van der Waals surface area contributed by atoms with Crippen molar-refractivity contribution in [3.05, 3.63) is 78.1 Å². The molecule has 36 heavy (non-hydrogen) atoms. The van der Waals surface area contributed by atoms with E-state index in [1.165, 1.54) is 0 Å². The van der Waals surface area contributed by atoms with Crippen LogP contribution in [0.15, 0.2) is 30.5 Å². The Kier molecular flexibility index (Phi) is 7.17. The highest BCUT2D eigenvalue weighted by molar-refractivity contribution is 6.30. The summed E-state index contributed by atoms with van der Waals surface area (Å²) in [5.74, 6) is -2.16. The highest BCUT2D eigenvalue weighted by Crippen LogP contribution is 2.41. The van der Waals surface area contributed by atoms with Crippen LogP contribution in [0.1, 0.15) is 41.3 Å². The Hall–Kier alpha value is -4.04. The zero-order valence-electron chi connectivity index (χ0n) is 18.5. The molecule has 2 unspecified atom stereocenters. The van der Waals surface area contributed by atoms with Gasteiger partial charge in [0.25, 0.3) is 10.2 Å². The largest absolute Gasteiger partial charge is 0.521 e. The summed E-state index contributed by atoms with van der Waals surface area (Å²) in [6.07, 6.45) is -3.66. The summed E-state index contributed by atoms with van der Waals surface area (Å²) in [5.41, 5.74) is 2.36. The third-order valence-electron chi connectivity index (χ3n) is 5.79. The number of ether oxygens (including phenoxy) is 3. The number of nitrogens with zero attached hydrogens (tertiary/aromatic N) is 3. The number of benzene rings is 1. The highest BCUT2D eigenvalue weighted by Gasteiger charge is 2.44. The molecule has 1 fully saturated rings. The van der Waals surface area contributed by atoms with Gasteiger partial charge in [-0.25, -0.2) is 4.79 Å². The van der Waals surface area contributed by atoms with E-state index in [4.69, 9.17) is 25.8 Å². The highest BCUT2D eigenvalue weighted by atomic mass is 35.5. The summed E-state index contributed by atoms with van der Waals surface area (Å²) in [6.45, 7) is 1.70. The Morgan fingerprint density at radius 2 is 1.69 bits per heavy atom. The molecule has 0 spiro atoms. The van der Waals surface area contributed by atoms with Crippen LogP contribution in [-0.4, -0.2) is 39.5 Å². The van der Waals surface area contributed by atoms with Crippen LogP contribution in [0.3, 0.4) is 0 Å². The maximum atomic E-state index is 12.5. The molecule has 0 bridgehead atoms. The van der Waals surface area contributed by atoms with Gasteiger partial charge in [0.1, 0.15) is 18.3 Å².